The molecule has 1 aromatic carbocycles. The van der Waals surface area contributed by atoms with Gasteiger partial charge in [0.25, 0.3) is 0 Å². The highest BCUT2D eigenvalue weighted by molar-refractivity contribution is 5.98. The van der Waals surface area contributed by atoms with Crippen LogP contribution < -0.4 is 4.90 Å². The fraction of sp³-hybridized carbons (Fsp3) is 0.222. The van der Waals surface area contributed by atoms with Gasteiger partial charge in [0.05, 0.1) is 6.54 Å². The van der Waals surface area contributed by atoms with Gasteiger partial charge in [-0.05, 0) is 24.1 Å². The van der Waals surface area contributed by atoms with Gasteiger partial charge in [-0.25, -0.2) is 4.98 Å². The second-order valence-electron chi connectivity index (χ2n) is 5.12. The van der Waals surface area contributed by atoms with Gasteiger partial charge in [0.1, 0.15) is 24.4 Å². The molecule has 0 atom stereocenters. The summed E-state index contributed by atoms with van der Waals surface area (Å²) in [5, 5.41) is 0. The lowest BCUT2D eigenvalue weighted by Crippen LogP contribution is -2.34. The summed E-state index contributed by atoms with van der Waals surface area (Å²) in [6.07, 6.45) is 4.48. The van der Waals surface area contributed by atoms with Gasteiger partial charge in [-0.2, -0.15) is 0 Å². The zero-order valence-corrected chi connectivity index (χ0v) is 12.3. The molecular formula is C18H18N2O2. The molecule has 0 amide bonds. The van der Waals surface area contributed by atoms with E-state index in [2.05, 4.69) is 4.98 Å². The minimum absolute atomic E-state index is 0.0780. The van der Waals surface area contributed by atoms with Crippen molar-refractivity contribution >= 4 is 11.6 Å². The number of anilines is 1. The van der Waals surface area contributed by atoms with Crippen LogP contribution in [0.1, 0.15) is 12.0 Å². The van der Waals surface area contributed by atoms with E-state index in [1.54, 1.807) is 12.5 Å². The Bertz CT molecular complexity index is 653. The van der Waals surface area contributed by atoms with Crippen molar-refractivity contribution in [2.45, 2.75) is 12.8 Å². The predicted octanol–water partition coefficient (Wildman–Crippen LogP) is 2.96. The van der Waals surface area contributed by atoms with Crippen molar-refractivity contribution in [1.29, 1.82) is 0 Å². The van der Waals surface area contributed by atoms with Crippen molar-refractivity contribution in [1.82, 2.24) is 4.98 Å². The number of ketones is 1. The van der Waals surface area contributed by atoms with Crippen LogP contribution in [0.15, 0.2) is 66.7 Å². The van der Waals surface area contributed by atoms with Gasteiger partial charge < -0.3 is 9.64 Å². The molecule has 0 unspecified atom stereocenters. The van der Waals surface area contributed by atoms with Gasteiger partial charge >= 0.3 is 0 Å². The molecular weight excluding hydrogens is 276 g/mol. The number of pyridine rings is 1. The van der Waals surface area contributed by atoms with Crippen LogP contribution >= 0.6 is 0 Å². The molecule has 0 saturated carbocycles. The first-order valence-corrected chi connectivity index (χ1v) is 7.42. The number of aromatic nitrogens is 1. The number of hydrogen-bond donors (Lipinski definition) is 0. The molecule has 1 aliphatic heterocycles. The van der Waals surface area contributed by atoms with Gasteiger partial charge in [-0.3, -0.25) is 4.79 Å². The van der Waals surface area contributed by atoms with Gasteiger partial charge in [0.2, 0.25) is 0 Å². The Hall–Kier alpha value is -2.62. The average Bonchev–Trinajstić information content (AvgIpc) is 2.61. The van der Waals surface area contributed by atoms with E-state index in [1.807, 2.05) is 53.4 Å². The lowest BCUT2D eigenvalue weighted by atomic mass is 10.1. The van der Waals surface area contributed by atoms with E-state index in [4.69, 9.17) is 4.74 Å². The first-order valence-electron chi connectivity index (χ1n) is 7.42. The summed E-state index contributed by atoms with van der Waals surface area (Å²) in [5.74, 6) is 0.860. The van der Waals surface area contributed by atoms with E-state index < -0.39 is 0 Å². The topological polar surface area (TPSA) is 42.4 Å². The maximum absolute atomic E-state index is 12.5. The normalized spacial score (nSPS) is 14.2. The molecule has 1 aliphatic rings. The second kappa shape index (κ2) is 6.89. The van der Waals surface area contributed by atoms with Gasteiger partial charge in [0.15, 0.2) is 5.78 Å². The molecule has 0 saturated heterocycles. The summed E-state index contributed by atoms with van der Waals surface area (Å²) in [4.78, 5) is 18.8. The third-order valence-electron chi connectivity index (χ3n) is 3.61. The average molecular weight is 294 g/mol. The number of rotatable bonds is 5. The molecule has 0 radical (unpaired) electrons. The van der Waals surface area contributed by atoms with Crippen molar-refractivity contribution in [3.8, 4) is 0 Å². The molecule has 4 heteroatoms. The molecule has 0 fully saturated rings. The van der Waals surface area contributed by atoms with E-state index in [0.29, 0.717) is 25.3 Å². The second-order valence-corrected chi connectivity index (χ2v) is 5.12. The fourth-order valence-corrected chi connectivity index (χ4v) is 2.46. The molecule has 3 rings (SSSR count). The van der Waals surface area contributed by atoms with E-state index in [9.17, 15) is 4.79 Å². The van der Waals surface area contributed by atoms with Crippen LogP contribution in [0.3, 0.4) is 0 Å². The van der Waals surface area contributed by atoms with Crippen molar-refractivity contribution in [2.24, 2.45) is 0 Å². The minimum atomic E-state index is 0.0780. The molecule has 1 aromatic heterocycles. The molecule has 2 heterocycles. The molecule has 0 spiro atoms. The third-order valence-corrected chi connectivity index (χ3v) is 3.61. The van der Waals surface area contributed by atoms with Crippen molar-refractivity contribution in [3.63, 3.8) is 0 Å². The summed E-state index contributed by atoms with van der Waals surface area (Å²) >= 11 is 0. The summed E-state index contributed by atoms with van der Waals surface area (Å²) in [6.45, 7) is 1.20. The zero-order chi connectivity index (χ0) is 15.2. The monoisotopic (exact) mass is 294 g/mol. The molecule has 112 valence electrons. The number of hydrogen-bond acceptors (Lipinski definition) is 4. The quantitative estimate of drug-likeness (QED) is 0.850. The first-order chi connectivity index (χ1) is 10.8. The lowest BCUT2D eigenvalue weighted by molar-refractivity contribution is -0.115. The minimum Gasteiger partial charge on any atom is -0.497 e. The maximum atomic E-state index is 12.5. The Morgan fingerprint density at radius 3 is 2.73 bits per heavy atom. The lowest BCUT2D eigenvalue weighted by Gasteiger charge is -2.28. The highest BCUT2D eigenvalue weighted by atomic mass is 16.5. The van der Waals surface area contributed by atoms with Crippen molar-refractivity contribution < 1.29 is 9.53 Å². The Labute approximate surface area is 130 Å². The Morgan fingerprint density at radius 2 is 1.95 bits per heavy atom. The number of Topliss-reactive ketones (excluding diaryl/α,β-unsaturated/α-hetero) is 1. The number of ether oxygens (including phenoxy) is 1. The third kappa shape index (κ3) is 3.34. The molecule has 4 nitrogen and oxygen atoms in total. The van der Waals surface area contributed by atoms with Crippen LogP contribution in [0.4, 0.5) is 5.82 Å². The van der Waals surface area contributed by atoms with Crippen LogP contribution in [-0.4, -0.2) is 23.9 Å². The first kappa shape index (κ1) is 14.3. The van der Waals surface area contributed by atoms with Crippen LogP contribution in [0.25, 0.3) is 0 Å². The smallest absolute Gasteiger partial charge is 0.182 e. The van der Waals surface area contributed by atoms with Crippen LogP contribution in [0.2, 0.25) is 0 Å². The maximum Gasteiger partial charge on any atom is 0.182 e. The number of allylic oxidation sites excluding steroid dienone is 1. The van der Waals surface area contributed by atoms with Crippen molar-refractivity contribution in [3.05, 3.63) is 72.3 Å². The van der Waals surface area contributed by atoms with E-state index >= 15 is 0 Å². The van der Waals surface area contributed by atoms with Crippen LogP contribution in [0, 0.1) is 0 Å². The van der Waals surface area contributed by atoms with E-state index in [1.165, 1.54) is 0 Å². The summed E-state index contributed by atoms with van der Waals surface area (Å²) in [6, 6.07) is 15.7. The van der Waals surface area contributed by atoms with Crippen LogP contribution in [-0.2, 0) is 16.0 Å². The number of carbonyl (C=O) groups excluding carboxylic acids is 1. The van der Waals surface area contributed by atoms with Gasteiger partial charge in [-0.1, -0.05) is 36.4 Å². The van der Waals surface area contributed by atoms with Crippen molar-refractivity contribution in [2.75, 3.05) is 18.1 Å². The summed E-state index contributed by atoms with van der Waals surface area (Å²) in [5.41, 5.74) is 1.75. The van der Waals surface area contributed by atoms with Gasteiger partial charge in [-0.15, -0.1) is 0 Å². The SMILES string of the molecule is O=C(CCc1ccccc1)C1=COCCN1c1ccccn1. The van der Waals surface area contributed by atoms with E-state index in [0.717, 1.165) is 17.8 Å². The van der Waals surface area contributed by atoms with Crippen LogP contribution in [0.5, 0.6) is 0 Å². The van der Waals surface area contributed by atoms with E-state index in [-0.39, 0.29) is 5.78 Å². The largest absolute Gasteiger partial charge is 0.497 e. The standard InChI is InChI=1S/C18H18N2O2/c21-17(10-9-15-6-2-1-3-7-15)16-14-22-13-12-20(16)18-8-4-5-11-19-18/h1-8,11,14H,9-10,12-13H2. The predicted molar refractivity (Wildman–Crippen MR) is 85.4 cm³/mol. The summed E-state index contributed by atoms with van der Waals surface area (Å²) in [7, 11) is 0. The fourth-order valence-electron chi connectivity index (χ4n) is 2.46. The highest BCUT2D eigenvalue weighted by Gasteiger charge is 2.23. The number of nitrogens with zero attached hydrogens (tertiary/aromatic N) is 2. The number of aryl methyl sites for hydroxylation is 1. The molecule has 22 heavy (non-hydrogen) atoms. The van der Waals surface area contributed by atoms with Gasteiger partial charge in [0, 0.05) is 12.6 Å². The number of carbonyl (C=O) groups is 1. The Balaban J connectivity index is 1.71. The number of benzene rings is 1. The molecule has 0 aliphatic carbocycles. The Morgan fingerprint density at radius 1 is 1.14 bits per heavy atom. The summed E-state index contributed by atoms with van der Waals surface area (Å²) < 4.78 is 5.35. The molecule has 0 N–H and O–H groups in total. The zero-order valence-electron chi connectivity index (χ0n) is 12.3. The Kier molecular flexibility index (Phi) is 4.49. The highest BCUT2D eigenvalue weighted by Crippen LogP contribution is 2.21. The molecule has 0 bridgehead atoms. The molecule has 2 aromatic rings.